The van der Waals surface area contributed by atoms with E-state index in [2.05, 4.69) is 19.9 Å². The first-order valence-electron chi connectivity index (χ1n) is 16.1. The molecular formula is C33H57N. The molecule has 4 fully saturated rings. The van der Waals surface area contributed by atoms with E-state index in [1.807, 2.05) is 0 Å². The average molecular weight is 468 g/mol. The van der Waals surface area contributed by atoms with Gasteiger partial charge in [0.15, 0.2) is 0 Å². The summed E-state index contributed by atoms with van der Waals surface area (Å²) in [6, 6.07) is 2.96. The Balaban J connectivity index is 1.19. The van der Waals surface area contributed by atoms with Crippen LogP contribution in [0, 0.1) is 58.2 Å². The summed E-state index contributed by atoms with van der Waals surface area (Å²) in [5, 5.41) is 10.4. The van der Waals surface area contributed by atoms with Gasteiger partial charge >= 0.3 is 0 Å². The van der Waals surface area contributed by atoms with Gasteiger partial charge in [0.25, 0.3) is 0 Å². The van der Waals surface area contributed by atoms with Crippen molar-refractivity contribution in [3.8, 4) is 6.07 Å². The van der Waals surface area contributed by atoms with Gasteiger partial charge in [0, 0.05) is 0 Å². The van der Waals surface area contributed by atoms with Crippen LogP contribution >= 0.6 is 0 Å². The lowest BCUT2D eigenvalue weighted by atomic mass is 9.57. The molecule has 4 aliphatic rings. The first kappa shape index (κ1) is 26.6. The number of rotatable bonds is 9. The number of nitrogens with zero attached hydrogens (tertiary/aromatic N) is 1. The monoisotopic (exact) mass is 467 g/mol. The van der Waals surface area contributed by atoms with Gasteiger partial charge < -0.3 is 0 Å². The molecule has 0 amide bonds. The fraction of sp³-hybridized carbons (Fsp3) is 0.970. The van der Waals surface area contributed by atoms with Crippen molar-refractivity contribution < 1.29 is 0 Å². The molecule has 0 aromatic carbocycles. The zero-order chi connectivity index (χ0) is 23.8. The summed E-state index contributed by atoms with van der Waals surface area (Å²) in [4.78, 5) is 0. The van der Waals surface area contributed by atoms with Crippen LogP contribution in [0.25, 0.3) is 0 Å². The Labute approximate surface area is 213 Å². The fourth-order valence-electron chi connectivity index (χ4n) is 9.37. The predicted octanol–water partition coefficient (Wildman–Crippen LogP) is 10.5. The maximum Gasteiger partial charge on any atom is 0.0692 e. The lowest BCUT2D eigenvalue weighted by Gasteiger charge is -2.47. The topological polar surface area (TPSA) is 23.8 Å². The third-order valence-corrected chi connectivity index (χ3v) is 11.7. The zero-order valence-electron chi connectivity index (χ0n) is 23.0. The Morgan fingerprint density at radius 1 is 0.559 bits per heavy atom. The second-order valence-corrected chi connectivity index (χ2v) is 13.6. The summed E-state index contributed by atoms with van der Waals surface area (Å²) in [6.45, 7) is 4.68. The maximum atomic E-state index is 10.4. The van der Waals surface area contributed by atoms with Crippen LogP contribution in [0.3, 0.4) is 0 Å². The number of nitriles is 1. The average Bonchev–Trinajstić information content (AvgIpc) is 2.90. The number of unbranched alkanes of at least 4 members (excludes halogenated alkanes) is 2. The Kier molecular flexibility index (Phi) is 10.3. The third kappa shape index (κ3) is 6.62. The minimum absolute atomic E-state index is 0.0393. The Hall–Kier alpha value is -0.510. The highest BCUT2D eigenvalue weighted by Crippen LogP contribution is 2.54. The zero-order valence-corrected chi connectivity index (χ0v) is 23.0. The third-order valence-electron chi connectivity index (χ3n) is 11.7. The largest absolute Gasteiger partial charge is 0.198 e. The Morgan fingerprint density at radius 2 is 1.03 bits per heavy atom. The standard InChI is InChI=1S/C33H57N/c1-3-5-6-8-27-11-15-29(16-12-27)31-21-23-33(25-34,24-22-31)32-19-17-30(18-20-32)28-13-9-26(7-4-2)10-14-28/h26-32H,3-24H2,1-2H3. The van der Waals surface area contributed by atoms with E-state index in [4.69, 9.17) is 0 Å². The molecule has 194 valence electrons. The van der Waals surface area contributed by atoms with Crippen LogP contribution in [-0.2, 0) is 0 Å². The Morgan fingerprint density at radius 3 is 1.50 bits per heavy atom. The van der Waals surface area contributed by atoms with Crippen LogP contribution in [0.15, 0.2) is 0 Å². The van der Waals surface area contributed by atoms with E-state index >= 15 is 0 Å². The lowest BCUT2D eigenvalue weighted by molar-refractivity contribution is 0.0483. The van der Waals surface area contributed by atoms with Crippen LogP contribution < -0.4 is 0 Å². The SMILES string of the molecule is CCCCCC1CCC(C2CCC(C#N)(C3CCC(C4CCC(CCC)CC4)CC3)CC2)CC1. The van der Waals surface area contributed by atoms with Crippen molar-refractivity contribution in [3.05, 3.63) is 0 Å². The van der Waals surface area contributed by atoms with E-state index < -0.39 is 0 Å². The fourth-order valence-corrected chi connectivity index (χ4v) is 9.37. The first-order valence-corrected chi connectivity index (χ1v) is 16.1. The van der Waals surface area contributed by atoms with Crippen molar-refractivity contribution in [2.75, 3.05) is 0 Å². The second kappa shape index (κ2) is 13.2. The molecule has 1 heteroatoms. The van der Waals surface area contributed by atoms with Gasteiger partial charge in [-0.2, -0.15) is 5.26 Å². The molecule has 0 bridgehead atoms. The normalized spacial score (nSPS) is 41.6. The van der Waals surface area contributed by atoms with Gasteiger partial charge in [-0.15, -0.1) is 0 Å². The number of hydrogen-bond donors (Lipinski definition) is 0. The van der Waals surface area contributed by atoms with E-state index in [0.717, 1.165) is 35.5 Å². The Bertz CT molecular complexity index is 599. The van der Waals surface area contributed by atoms with Crippen molar-refractivity contribution in [1.82, 2.24) is 0 Å². The van der Waals surface area contributed by atoms with Gasteiger partial charge in [-0.05, 0) is 118 Å². The summed E-state index contributed by atoms with van der Waals surface area (Å²) in [5.41, 5.74) is 0.0393. The van der Waals surface area contributed by atoms with Crippen LogP contribution in [-0.4, -0.2) is 0 Å². The maximum absolute atomic E-state index is 10.4. The first-order chi connectivity index (χ1) is 16.7. The molecule has 0 spiro atoms. The highest BCUT2D eigenvalue weighted by Gasteiger charge is 2.45. The summed E-state index contributed by atoms with van der Waals surface area (Å²) in [5.74, 6) is 6.69. The molecule has 0 N–H and O–H groups in total. The molecule has 34 heavy (non-hydrogen) atoms. The molecule has 0 aromatic rings. The van der Waals surface area contributed by atoms with Gasteiger partial charge in [0.1, 0.15) is 0 Å². The van der Waals surface area contributed by atoms with E-state index in [1.54, 1.807) is 0 Å². The molecule has 4 saturated carbocycles. The molecule has 0 radical (unpaired) electrons. The van der Waals surface area contributed by atoms with Crippen LogP contribution in [0.5, 0.6) is 0 Å². The van der Waals surface area contributed by atoms with E-state index in [-0.39, 0.29) is 5.41 Å². The van der Waals surface area contributed by atoms with Crippen molar-refractivity contribution in [3.63, 3.8) is 0 Å². The van der Waals surface area contributed by atoms with E-state index in [9.17, 15) is 5.26 Å². The van der Waals surface area contributed by atoms with Gasteiger partial charge in [-0.25, -0.2) is 0 Å². The summed E-state index contributed by atoms with van der Waals surface area (Å²) < 4.78 is 0. The second-order valence-electron chi connectivity index (χ2n) is 13.6. The van der Waals surface area contributed by atoms with Crippen LogP contribution in [0.4, 0.5) is 0 Å². The molecule has 0 atom stereocenters. The minimum atomic E-state index is 0.0393. The molecule has 1 nitrogen and oxygen atoms in total. The predicted molar refractivity (Wildman–Crippen MR) is 145 cm³/mol. The molecule has 0 unspecified atom stereocenters. The summed E-state index contributed by atoms with van der Waals surface area (Å²) in [6.07, 6.45) is 31.3. The summed E-state index contributed by atoms with van der Waals surface area (Å²) >= 11 is 0. The lowest BCUT2D eigenvalue weighted by Crippen LogP contribution is -2.38. The smallest absolute Gasteiger partial charge is 0.0692 e. The van der Waals surface area contributed by atoms with Crippen LogP contribution in [0.2, 0.25) is 0 Å². The molecule has 0 aromatic heterocycles. The van der Waals surface area contributed by atoms with Crippen molar-refractivity contribution in [1.29, 1.82) is 5.26 Å². The van der Waals surface area contributed by atoms with Crippen molar-refractivity contribution in [2.24, 2.45) is 46.8 Å². The van der Waals surface area contributed by atoms with Crippen molar-refractivity contribution >= 4 is 0 Å². The van der Waals surface area contributed by atoms with E-state index in [1.165, 1.54) is 141 Å². The van der Waals surface area contributed by atoms with Crippen molar-refractivity contribution in [2.45, 2.75) is 155 Å². The molecular weight excluding hydrogens is 410 g/mol. The van der Waals surface area contributed by atoms with E-state index in [0.29, 0.717) is 5.92 Å². The van der Waals surface area contributed by atoms with Gasteiger partial charge in [0.2, 0.25) is 0 Å². The minimum Gasteiger partial charge on any atom is -0.198 e. The molecule has 0 saturated heterocycles. The molecule has 0 aliphatic heterocycles. The molecule has 4 aliphatic carbocycles. The number of hydrogen-bond acceptors (Lipinski definition) is 1. The molecule has 0 heterocycles. The molecule has 4 rings (SSSR count). The summed E-state index contributed by atoms with van der Waals surface area (Å²) in [7, 11) is 0. The van der Waals surface area contributed by atoms with Gasteiger partial charge in [0.05, 0.1) is 11.5 Å². The quantitative estimate of drug-likeness (QED) is 0.309. The highest BCUT2D eigenvalue weighted by molar-refractivity contribution is 5.07. The van der Waals surface area contributed by atoms with Gasteiger partial charge in [-0.3, -0.25) is 0 Å². The highest BCUT2D eigenvalue weighted by atomic mass is 14.5. The van der Waals surface area contributed by atoms with Gasteiger partial charge in [-0.1, -0.05) is 78.1 Å². The van der Waals surface area contributed by atoms with Crippen LogP contribution in [0.1, 0.15) is 155 Å².